The lowest BCUT2D eigenvalue weighted by molar-refractivity contribution is 0.120. The predicted octanol–water partition coefficient (Wildman–Crippen LogP) is 3.27. The Kier molecular flexibility index (Phi) is 4.98. The Morgan fingerprint density at radius 1 is 1.05 bits per heavy atom. The van der Waals surface area contributed by atoms with Gasteiger partial charge in [-0.1, -0.05) is 18.2 Å². The number of hydrogen-bond donors (Lipinski definition) is 1. The molecule has 0 fully saturated rings. The van der Waals surface area contributed by atoms with Crippen LogP contribution in [0.25, 0.3) is 0 Å². The third-order valence-corrected chi connectivity index (χ3v) is 3.15. The zero-order valence-electron chi connectivity index (χ0n) is 11.6. The van der Waals surface area contributed by atoms with Crippen molar-refractivity contribution in [2.75, 3.05) is 13.6 Å². The summed E-state index contributed by atoms with van der Waals surface area (Å²) in [5.74, 6) is -1.79. The van der Waals surface area contributed by atoms with E-state index in [2.05, 4.69) is 0 Å². The maximum Gasteiger partial charge on any atom is 0.131 e. The zero-order chi connectivity index (χ0) is 15.4. The summed E-state index contributed by atoms with van der Waals surface area (Å²) in [4.78, 5) is 1.74. The normalized spacial score (nSPS) is 12.7. The molecule has 2 aromatic rings. The smallest absolute Gasteiger partial charge is 0.131 e. The maximum absolute atomic E-state index is 13.6. The van der Waals surface area contributed by atoms with Crippen LogP contribution in [-0.4, -0.2) is 23.6 Å². The fourth-order valence-corrected chi connectivity index (χ4v) is 2.18. The second kappa shape index (κ2) is 6.74. The van der Waals surface area contributed by atoms with Gasteiger partial charge in [-0.05, 0) is 30.8 Å². The molecule has 1 atom stereocenters. The average molecular weight is 295 g/mol. The molecule has 5 heteroatoms. The van der Waals surface area contributed by atoms with E-state index in [1.807, 2.05) is 0 Å². The maximum atomic E-state index is 13.6. The number of aliphatic hydroxyl groups excluding tert-OH is 1. The van der Waals surface area contributed by atoms with Crippen molar-refractivity contribution in [3.05, 3.63) is 71.0 Å². The molecule has 112 valence electrons. The van der Waals surface area contributed by atoms with Gasteiger partial charge >= 0.3 is 0 Å². The van der Waals surface area contributed by atoms with Crippen LogP contribution in [0.5, 0.6) is 0 Å². The summed E-state index contributed by atoms with van der Waals surface area (Å²) in [6, 6.07) is 9.21. The fourth-order valence-electron chi connectivity index (χ4n) is 2.18. The summed E-state index contributed by atoms with van der Waals surface area (Å²) >= 11 is 0. The quantitative estimate of drug-likeness (QED) is 0.915. The van der Waals surface area contributed by atoms with Crippen molar-refractivity contribution in [3.63, 3.8) is 0 Å². The first-order chi connectivity index (χ1) is 9.95. The van der Waals surface area contributed by atoms with E-state index < -0.39 is 17.7 Å². The molecular formula is C16H16F3NO. The zero-order valence-corrected chi connectivity index (χ0v) is 11.6. The second-order valence-corrected chi connectivity index (χ2v) is 5.01. The van der Waals surface area contributed by atoms with Crippen LogP contribution >= 0.6 is 0 Å². The summed E-state index contributed by atoms with van der Waals surface area (Å²) in [6.07, 6.45) is -1.08. The van der Waals surface area contributed by atoms with Crippen molar-refractivity contribution in [2.24, 2.45) is 0 Å². The number of halogens is 3. The number of nitrogens with zero attached hydrogens (tertiary/aromatic N) is 1. The van der Waals surface area contributed by atoms with E-state index >= 15 is 0 Å². The Balaban J connectivity index is 2.00. The third-order valence-electron chi connectivity index (χ3n) is 3.15. The standard InChI is InChI=1S/C16H16F3NO/c1-20(9-11-3-2-4-12(17)7-11)10-16(21)14-6-5-13(18)8-15(14)19/h2-8,16,21H,9-10H2,1H3. The van der Waals surface area contributed by atoms with E-state index in [0.717, 1.165) is 17.7 Å². The van der Waals surface area contributed by atoms with Crippen molar-refractivity contribution in [1.29, 1.82) is 0 Å². The van der Waals surface area contributed by atoms with Gasteiger partial charge in [0.05, 0.1) is 6.10 Å². The van der Waals surface area contributed by atoms with Crippen LogP contribution in [0.15, 0.2) is 42.5 Å². The van der Waals surface area contributed by atoms with Crippen LogP contribution in [0, 0.1) is 17.5 Å². The Bertz CT molecular complexity index is 618. The first kappa shape index (κ1) is 15.5. The summed E-state index contributed by atoms with van der Waals surface area (Å²) in [5.41, 5.74) is 0.798. The molecule has 0 aromatic heterocycles. The Morgan fingerprint density at radius 2 is 1.76 bits per heavy atom. The monoisotopic (exact) mass is 295 g/mol. The van der Waals surface area contributed by atoms with Crippen LogP contribution in [0.3, 0.4) is 0 Å². The van der Waals surface area contributed by atoms with Crippen molar-refractivity contribution >= 4 is 0 Å². The molecule has 0 heterocycles. The van der Waals surface area contributed by atoms with E-state index in [4.69, 9.17) is 0 Å². The van der Waals surface area contributed by atoms with Gasteiger partial charge in [0.2, 0.25) is 0 Å². The molecule has 0 aliphatic rings. The molecule has 1 N–H and O–H groups in total. The molecule has 0 amide bonds. The van der Waals surface area contributed by atoms with E-state index in [1.165, 1.54) is 18.2 Å². The Hall–Kier alpha value is -1.85. The van der Waals surface area contributed by atoms with Crippen molar-refractivity contribution < 1.29 is 18.3 Å². The van der Waals surface area contributed by atoms with Crippen LogP contribution in [0.4, 0.5) is 13.2 Å². The summed E-state index contributed by atoms with van der Waals surface area (Å²) in [7, 11) is 1.73. The first-order valence-electron chi connectivity index (χ1n) is 6.51. The highest BCUT2D eigenvalue weighted by molar-refractivity contribution is 5.21. The highest BCUT2D eigenvalue weighted by Gasteiger charge is 2.15. The van der Waals surface area contributed by atoms with Gasteiger partial charge in [-0.25, -0.2) is 13.2 Å². The number of benzene rings is 2. The Labute approximate surface area is 121 Å². The summed E-state index contributed by atoms with van der Waals surface area (Å²) in [6.45, 7) is 0.566. The Morgan fingerprint density at radius 3 is 2.43 bits per heavy atom. The average Bonchev–Trinajstić information content (AvgIpc) is 2.38. The third kappa shape index (κ3) is 4.31. The lowest BCUT2D eigenvalue weighted by Crippen LogP contribution is -2.24. The molecule has 0 aliphatic heterocycles. The van der Waals surface area contributed by atoms with Crippen LogP contribution in [0.1, 0.15) is 17.2 Å². The van der Waals surface area contributed by atoms with Gasteiger partial charge in [0.15, 0.2) is 0 Å². The van der Waals surface area contributed by atoms with Crippen molar-refractivity contribution in [1.82, 2.24) is 4.90 Å². The van der Waals surface area contributed by atoms with Crippen LogP contribution < -0.4 is 0 Å². The molecule has 0 spiro atoms. The van der Waals surface area contributed by atoms with Crippen molar-refractivity contribution in [2.45, 2.75) is 12.6 Å². The molecule has 2 aromatic carbocycles. The van der Waals surface area contributed by atoms with E-state index in [0.29, 0.717) is 6.54 Å². The van der Waals surface area contributed by atoms with E-state index in [-0.39, 0.29) is 17.9 Å². The molecule has 1 unspecified atom stereocenters. The molecule has 0 bridgehead atoms. The predicted molar refractivity (Wildman–Crippen MR) is 74.1 cm³/mol. The van der Waals surface area contributed by atoms with Gasteiger partial charge in [0.25, 0.3) is 0 Å². The number of rotatable bonds is 5. The topological polar surface area (TPSA) is 23.5 Å². The summed E-state index contributed by atoms with van der Waals surface area (Å²) in [5, 5.41) is 10.0. The minimum Gasteiger partial charge on any atom is -0.387 e. The van der Waals surface area contributed by atoms with Crippen LogP contribution in [0.2, 0.25) is 0 Å². The number of hydrogen-bond acceptors (Lipinski definition) is 2. The van der Waals surface area contributed by atoms with Gasteiger partial charge in [-0.2, -0.15) is 0 Å². The van der Waals surface area contributed by atoms with Crippen LogP contribution in [-0.2, 0) is 6.54 Å². The molecule has 0 radical (unpaired) electrons. The molecule has 0 saturated heterocycles. The van der Waals surface area contributed by atoms with E-state index in [9.17, 15) is 18.3 Å². The lowest BCUT2D eigenvalue weighted by atomic mass is 10.1. The SMILES string of the molecule is CN(Cc1cccc(F)c1)CC(O)c1ccc(F)cc1F. The summed E-state index contributed by atoms with van der Waals surface area (Å²) < 4.78 is 39.5. The van der Waals surface area contributed by atoms with E-state index in [1.54, 1.807) is 24.1 Å². The molecule has 0 saturated carbocycles. The second-order valence-electron chi connectivity index (χ2n) is 5.01. The highest BCUT2D eigenvalue weighted by Crippen LogP contribution is 2.19. The van der Waals surface area contributed by atoms with Gasteiger partial charge in [-0.3, -0.25) is 4.90 Å². The molecule has 21 heavy (non-hydrogen) atoms. The lowest BCUT2D eigenvalue weighted by Gasteiger charge is -2.21. The fraction of sp³-hybridized carbons (Fsp3) is 0.250. The molecule has 0 aliphatic carbocycles. The minimum atomic E-state index is -1.08. The van der Waals surface area contributed by atoms with Crippen molar-refractivity contribution in [3.8, 4) is 0 Å². The van der Waals surface area contributed by atoms with Gasteiger partial charge < -0.3 is 5.11 Å². The first-order valence-corrected chi connectivity index (χ1v) is 6.51. The highest BCUT2D eigenvalue weighted by atomic mass is 19.1. The van der Waals surface area contributed by atoms with Gasteiger partial charge in [-0.15, -0.1) is 0 Å². The van der Waals surface area contributed by atoms with Gasteiger partial charge in [0, 0.05) is 24.7 Å². The minimum absolute atomic E-state index is 0.0440. The van der Waals surface area contributed by atoms with Gasteiger partial charge in [0.1, 0.15) is 17.5 Å². The molecule has 2 rings (SSSR count). The number of aliphatic hydroxyl groups is 1. The molecule has 2 nitrogen and oxygen atoms in total. The number of likely N-dealkylation sites (N-methyl/N-ethyl adjacent to an activating group) is 1. The molecular weight excluding hydrogens is 279 g/mol. The largest absolute Gasteiger partial charge is 0.387 e.